The van der Waals surface area contributed by atoms with E-state index in [1.54, 1.807) is 66.7 Å². The molecular weight excluding hydrogens is 554 g/mol. The van der Waals surface area contributed by atoms with Gasteiger partial charge in [-0.15, -0.1) is 0 Å². The number of hydrogen-bond acceptors (Lipinski definition) is 6. The van der Waals surface area contributed by atoms with E-state index in [1.165, 1.54) is 12.1 Å². The van der Waals surface area contributed by atoms with Crippen LogP contribution in [0.15, 0.2) is 114 Å². The molecule has 1 atom stereocenters. The molecular formula is C32H31N3O6S. The Kier molecular flexibility index (Phi) is 9.15. The molecule has 5 rings (SSSR count). The highest BCUT2D eigenvalue weighted by Crippen LogP contribution is 2.28. The molecule has 1 aliphatic rings. The largest absolute Gasteiger partial charge is 0.457 e. The Morgan fingerprint density at radius 1 is 0.833 bits per heavy atom. The molecule has 1 aliphatic heterocycles. The topological polar surface area (TPSA) is 114 Å². The average molecular weight is 586 g/mol. The Balaban J connectivity index is 1.35. The summed E-state index contributed by atoms with van der Waals surface area (Å²) < 4.78 is 39.9. The van der Waals surface area contributed by atoms with Crippen LogP contribution in [0.3, 0.4) is 0 Å². The molecule has 2 N–H and O–H groups in total. The number of ether oxygens (including phenoxy) is 2. The number of para-hydroxylation sites is 2. The smallest absolute Gasteiger partial charge is 0.264 e. The maximum atomic E-state index is 13.7. The fourth-order valence-corrected chi connectivity index (χ4v) is 6.00. The Morgan fingerprint density at radius 2 is 1.48 bits per heavy atom. The highest BCUT2D eigenvalue weighted by molar-refractivity contribution is 7.92. The molecule has 0 aliphatic carbocycles. The van der Waals surface area contributed by atoms with Gasteiger partial charge in [-0.05, 0) is 73.5 Å². The van der Waals surface area contributed by atoms with Gasteiger partial charge in [-0.1, -0.05) is 48.5 Å². The van der Waals surface area contributed by atoms with E-state index in [-0.39, 0.29) is 33.8 Å². The van der Waals surface area contributed by atoms with E-state index in [2.05, 4.69) is 10.6 Å². The zero-order valence-corrected chi connectivity index (χ0v) is 23.6. The molecule has 1 fully saturated rings. The van der Waals surface area contributed by atoms with E-state index in [4.69, 9.17) is 9.47 Å². The van der Waals surface area contributed by atoms with Crippen LogP contribution in [0.25, 0.3) is 0 Å². The zero-order chi connectivity index (χ0) is 29.4. The standard InChI is InChI=1S/C32H31N3O6S/c36-31(34-30-16-8-7-15-29(30)32(37)33-22-27-12-9-21-40-27)23-35(42(38,39)28-13-5-2-6-14-28)24-17-19-26(20-18-24)41-25-10-3-1-4-11-25/h1-8,10-11,13-20,27H,9,12,21-23H2,(H,33,37)(H,34,36)/t27-/m0/s1. The molecule has 0 aromatic heterocycles. The van der Waals surface area contributed by atoms with E-state index in [9.17, 15) is 18.0 Å². The van der Waals surface area contributed by atoms with Gasteiger partial charge in [-0.3, -0.25) is 13.9 Å². The predicted octanol–water partition coefficient (Wildman–Crippen LogP) is 5.22. The second-order valence-electron chi connectivity index (χ2n) is 9.67. The number of hydrogen-bond donors (Lipinski definition) is 2. The third-order valence-electron chi connectivity index (χ3n) is 6.68. The molecule has 0 saturated carbocycles. The number of benzene rings is 4. The second-order valence-corrected chi connectivity index (χ2v) is 11.5. The summed E-state index contributed by atoms with van der Waals surface area (Å²) in [7, 11) is -4.12. The quantitative estimate of drug-likeness (QED) is 0.250. The van der Waals surface area contributed by atoms with Gasteiger partial charge in [0.2, 0.25) is 5.91 Å². The first-order chi connectivity index (χ1) is 20.4. The van der Waals surface area contributed by atoms with E-state index in [1.807, 2.05) is 30.3 Å². The van der Waals surface area contributed by atoms with Crippen molar-refractivity contribution >= 4 is 33.2 Å². The van der Waals surface area contributed by atoms with Gasteiger partial charge in [0.1, 0.15) is 18.0 Å². The Bertz CT molecular complexity index is 1610. The van der Waals surface area contributed by atoms with Crippen LogP contribution in [0.5, 0.6) is 11.5 Å². The van der Waals surface area contributed by atoms with Crippen molar-refractivity contribution in [3.8, 4) is 11.5 Å². The van der Waals surface area contributed by atoms with E-state index in [0.717, 1.165) is 17.1 Å². The molecule has 0 radical (unpaired) electrons. The van der Waals surface area contributed by atoms with Gasteiger partial charge in [0.15, 0.2) is 0 Å². The molecule has 1 heterocycles. The van der Waals surface area contributed by atoms with Gasteiger partial charge in [0.05, 0.1) is 27.9 Å². The van der Waals surface area contributed by atoms with Gasteiger partial charge in [-0.2, -0.15) is 0 Å². The Hall–Kier alpha value is -4.67. The number of anilines is 2. The first-order valence-electron chi connectivity index (χ1n) is 13.6. The summed E-state index contributed by atoms with van der Waals surface area (Å²) in [6.45, 7) is 0.522. The lowest BCUT2D eigenvalue weighted by Crippen LogP contribution is -2.38. The number of nitrogens with zero attached hydrogens (tertiary/aromatic N) is 1. The van der Waals surface area contributed by atoms with Crippen LogP contribution in [0.4, 0.5) is 11.4 Å². The minimum Gasteiger partial charge on any atom is -0.457 e. The third kappa shape index (κ3) is 7.15. The molecule has 4 aromatic rings. The lowest BCUT2D eigenvalue weighted by Gasteiger charge is -2.24. The number of sulfonamides is 1. The van der Waals surface area contributed by atoms with Crippen molar-refractivity contribution in [3.05, 3.63) is 115 Å². The number of rotatable bonds is 11. The van der Waals surface area contributed by atoms with E-state index in [0.29, 0.717) is 24.7 Å². The fraction of sp³-hybridized carbons (Fsp3) is 0.188. The summed E-state index contributed by atoms with van der Waals surface area (Å²) in [6, 6.07) is 30.1. The minimum atomic E-state index is -4.12. The molecule has 2 amide bonds. The molecule has 42 heavy (non-hydrogen) atoms. The van der Waals surface area contributed by atoms with Crippen molar-refractivity contribution in [2.45, 2.75) is 23.8 Å². The lowest BCUT2D eigenvalue weighted by atomic mass is 10.1. The van der Waals surface area contributed by atoms with Crippen molar-refractivity contribution in [2.24, 2.45) is 0 Å². The molecule has 0 bridgehead atoms. The van der Waals surface area contributed by atoms with Crippen LogP contribution >= 0.6 is 0 Å². The van der Waals surface area contributed by atoms with Crippen LogP contribution in [0.2, 0.25) is 0 Å². The van der Waals surface area contributed by atoms with Gasteiger partial charge >= 0.3 is 0 Å². The summed E-state index contributed by atoms with van der Waals surface area (Å²) >= 11 is 0. The lowest BCUT2D eigenvalue weighted by molar-refractivity contribution is -0.114. The first kappa shape index (κ1) is 28.8. The Labute approximate surface area is 245 Å². The first-order valence-corrected chi connectivity index (χ1v) is 15.0. The summed E-state index contributed by atoms with van der Waals surface area (Å²) in [4.78, 5) is 26.3. The van der Waals surface area contributed by atoms with Gasteiger partial charge in [0.25, 0.3) is 15.9 Å². The normalized spacial score (nSPS) is 14.6. The van der Waals surface area contributed by atoms with Crippen molar-refractivity contribution in [2.75, 3.05) is 29.3 Å². The zero-order valence-electron chi connectivity index (χ0n) is 22.8. The summed E-state index contributed by atoms with van der Waals surface area (Å²) in [6.07, 6.45) is 1.80. The molecule has 4 aromatic carbocycles. The van der Waals surface area contributed by atoms with Gasteiger partial charge in [-0.25, -0.2) is 8.42 Å². The summed E-state index contributed by atoms with van der Waals surface area (Å²) in [5.41, 5.74) is 0.816. The van der Waals surface area contributed by atoms with Crippen LogP contribution in [-0.4, -0.2) is 46.0 Å². The number of carbonyl (C=O) groups excluding carboxylic acids is 2. The fourth-order valence-electron chi connectivity index (χ4n) is 4.56. The van der Waals surface area contributed by atoms with Crippen LogP contribution in [-0.2, 0) is 19.6 Å². The van der Waals surface area contributed by atoms with Crippen molar-refractivity contribution in [1.29, 1.82) is 0 Å². The number of amides is 2. The van der Waals surface area contributed by atoms with Crippen molar-refractivity contribution < 1.29 is 27.5 Å². The highest BCUT2D eigenvalue weighted by Gasteiger charge is 2.28. The number of nitrogens with one attached hydrogen (secondary N) is 2. The second kappa shape index (κ2) is 13.3. The SMILES string of the molecule is O=C(CN(c1ccc(Oc2ccccc2)cc1)S(=O)(=O)c1ccccc1)Nc1ccccc1C(=O)NC[C@@H]1CCCO1. The molecule has 0 spiro atoms. The third-order valence-corrected chi connectivity index (χ3v) is 8.47. The molecule has 10 heteroatoms. The van der Waals surface area contributed by atoms with Crippen LogP contribution < -0.4 is 19.7 Å². The maximum absolute atomic E-state index is 13.7. The van der Waals surface area contributed by atoms with Crippen LogP contribution in [0.1, 0.15) is 23.2 Å². The molecule has 0 unspecified atom stereocenters. The van der Waals surface area contributed by atoms with Crippen LogP contribution in [0, 0.1) is 0 Å². The molecule has 1 saturated heterocycles. The van der Waals surface area contributed by atoms with Crippen molar-refractivity contribution in [1.82, 2.24) is 5.32 Å². The highest BCUT2D eigenvalue weighted by atomic mass is 32.2. The summed E-state index contributed by atoms with van der Waals surface area (Å²) in [5, 5.41) is 5.58. The maximum Gasteiger partial charge on any atom is 0.264 e. The van der Waals surface area contributed by atoms with Gasteiger partial charge in [0, 0.05) is 13.2 Å². The predicted molar refractivity (Wildman–Crippen MR) is 160 cm³/mol. The summed E-state index contributed by atoms with van der Waals surface area (Å²) in [5.74, 6) is 0.175. The van der Waals surface area contributed by atoms with Crippen molar-refractivity contribution in [3.63, 3.8) is 0 Å². The van der Waals surface area contributed by atoms with Gasteiger partial charge < -0.3 is 20.1 Å². The van der Waals surface area contributed by atoms with E-state index >= 15 is 0 Å². The Morgan fingerprint density at radius 3 is 2.17 bits per heavy atom. The minimum absolute atomic E-state index is 0.0306. The van der Waals surface area contributed by atoms with E-state index < -0.39 is 22.5 Å². The molecule has 9 nitrogen and oxygen atoms in total. The monoisotopic (exact) mass is 585 g/mol. The average Bonchev–Trinajstić information content (AvgIpc) is 3.54. The molecule has 216 valence electrons. The number of carbonyl (C=O) groups is 2.